The number of rotatable bonds is 4. The van der Waals surface area contributed by atoms with Gasteiger partial charge in [-0.2, -0.15) is 5.10 Å². The SMILES string of the molecule is CC.CC.CCCc1nn(C)c2c(=O)[nH]c(C(C)(C)c3ccccc3)nc12.CNC. The van der Waals surface area contributed by atoms with Gasteiger partial charge in [-0.05, 0) is 39.9 Å². The van der Waals surface area contributed by atoms with Gasteiger partial charge in [0.15, 0.2) is 5.52 Å². The number of fused-ring (bicyclic) bond motifs is 1. The molecule has 6 heteroatoms. The normalized spacial score (nSPS) is 10.2. The first-order chi connectivity index (χ1) is 14.4. The fourth-order valence-corrected chi connectivity index (χ4v) is 2.94. The molecule has 2 N–H and O–H groups in total. The molecule has 0 aliphatic heterocycles. The summed E-state index contributed by atoms with van der Waals surface area (Å²) in [6.45, 7) is 14.2. The van der Waals surface area contributed by atoms with Crippen LogP contribution in [0.1, 0.15) is 72.0 Å². The predicted molar refractivity (Wildman–Crippen MR) is 129 cm³/mol. The van der Waals surface area contributed by atoms with Crippen LogP contribution in [0.2, 0.25) is 0 Å². The van der Waals surface area contributed by atoms with E-state index in [1.54, 1.807) is 11.7 Å². The molecule has 0 fully saturated rings. The minimum absolute atomic E-state index is 0.133. The van der Waals surface area contributed by atoms with Gasteiger partial charge < -0.3 is 10.3 Å². The lowest BCUT2D eigenvalue weighted by molar-refractivity contribution is 0.590. The van der Waals surface area contributed by atoms with Gasteiger partial charge >= 0.3 is 0 Å². The molecule has 0 radical (unpaired) electrons. The van der Waals surface area contributed by atoms with Crippen LogP contribution in [0.25, 0.3) is 11.0 Å². The highest BCUT2D eigenvalue weighted by Gasteiger charge is 2.27. The molecule has 0 saturated heterocycles. The smallest absolute Gasteiger partial charge is 0.277 e. The molecule has 0 saturated carbocycles. The first kappa shape index (κ1) is 27.5. The van der Waals surface area contributed by atoms with E-state index in [0.29, 0.717) is 11.3 Å². The maximum Gasteiger partial charge on any atom is 0.277 e. The Morgan fingerprint density at radius 2 is 1.60 bits per heavy atom. The summed E-state index contributed by atoms with van der Waals surface area (Å²) >= 11 is 0. The monoisotopic (exact) mass is 415 g/mol. The van der Waals surface area contributed by atoms with Crippen molar-refractivity contribution in [1.82, 2.24) is 25.1 Å². The highest BCUT2D eigenvalue weighted by molar-refractivity contribution is 5.76. The molecule has 0 amide bonds. The molecule has 2 aromatic heterocycles. The molecule has 30 heavy (non-hydrogen) atoms. The van der Waals surface area contributed by atoms with Gasteiger partial charge in [-0.3, -0.25) is 9.48 Å². The zero-order valence-corrected chi connectivity index (χ0v) is 20.6. The van der Waals surface area contributed by atoms with Gasteiger partial charge in [0.25, 0.3) is 5.56 Å². The minimum Gasteiger partial charge on any atom is -0.323 e. The number of aromatic nitrogens is 4. The van der Waals surface area contributed by atoms with Crippen molar-refractivity contribution in [3.63, 3.8) is 0 Å². The zero-order chi connectivity index (χ0) is 23.3. The summed E-state index contributed by atoms with van der Waals surface area (Å²) in [7, 11) is 5.54. The van der Waals surface area contributed by atoms with Crippen molar-refractivity contribution in [1.29, 1.82) is 0 Å². The minimum atomic E-state index is -0.381. The molecule has 1 aromatic carbocycles. The van der Waals surface area contributed by atoms with Crippen LogP contribution in [0.3, 0.4) is 0 Å². The van der Waals surface area contributed by atoms with Crippen LogP contribution in [-0.2, 0) is 18.9 Å². The van der Waals surface area contributed by atoms with Crippen LogP contribution in [0.5, 0.6) is 0 Å². The van der Waals surface area contributed by atoms with Gasteiger partial charge in [0, 0.05) is 12.5 Å². The third-order valence-electron chi connectivity index (χ3n) is 4.34. The lowest BCUT2D eigenvalue weighted by atomic mass is 9.84. The molecule has 2 heterocycles. The average molecular weight is 416 g/mol. The van der Waals surface area contributed by atoms with Crippen molar-refractivity contribution in [2.75, 3.05) is 14.1 Å². The highest BCUT2D eigenvalue weighted by Crippen LogP contribution is 2.29. The first-order valence-corrected chi connectivity index (χ1v) is 11.0. The van der Waals surface area contributed by atoms with Crippen molar-refractivity contribution < 1.29 is 0 Å². The summed E-state index contributed by atoms with van der Waals surface area (Å²) in [5, 5.41) is 7.22. The van der Waals surface area contributed by atoms with E-state index in [9.17, 15) is 4.79 Å². The lowest BCUT2D eigenvalue weighted by Gasteiger charge is -2.24. The highest BCUT2D eigenvalue weighted by atomic mass is 16.1. The van der Waals surface area contributed by atoms with Crippen LogP contribution >= 0.6 is 0 Å². The molecule has 0 atom stereocenters. The second kappa shape index (κ2) is 13.7. The Kier molecular flexibility index (Phi) is 12.6. The maximum atomic E-state index is 12.6. The Morgan fingerprint density at radius 1 is 1.07 bits per heavy atom. The Hall–Kier alpha value is -2.47. The Morgan fingerprint density at radius 3 is 2.10 bits per heavy atom. The molecule has 3 aromatic rings. The summed E-state index contributed by atoms with van der Waals surface area (Å²) < 4.78 is 1.63. The zero-order valence-electron chi connectivity index (χ0n) is 20.6. The van der Waals surface area contributed by atoms with Crippen LogP contribution in [-0.4, -0.2) is 33.8 Å². The number of nitrogens with zero attached hydrogens (tertiary/aromatic N) is 3. The fourth-order valence-electron chi connectivity index (χ4n) is 2.94. The van der Waals surface area contributed by atoms with E-state index in [1.807, 2.05) is 60.0 Å². The van der Waals surface area contributed by atoms with E-state index in [4.69, 9.17) is 4.98 Å². The predicted octanol–water partition coefficient (Wildman–Crippen LogP) is 4.82. The molecule has 0 unspecified atom stereocenters. The Bertz CT molecular complexity index is 910. The van der Waals surface area contributed by atoms with Crippen molar-refractivity contribution in [3.8, 4) is 0 Å². The van der Waals surface area contributed by atoms with Gasteiger partial charge in [-0.25, -0.2) is 4.98 Å². The van der Waals surface area contributed by atoms with Crippen LogP contribution < -0.4 is 10.9 Å². The molecule has 168 valence electrons. The van der Waals surface area contributed by atoms with Gasteiger partial charge in [-0.1, -0.05) is 71.4 Å². The second-order valence-corrected chi connectivity index (χ2v) is 6.92. The molecule has 0 bridgehead atoms. The van der Waals surface area contributed by atoms with E-state index >= 15 is 0 Å². The standard InChI is InChI=1S/C18H22N4O.C2H7N.2C2H6/c1-5-9-13-14-15(22(4)21-13)16(23)20-17(19-14)18(2,3)12-10-7-6-8-11-12;1-3-2;2*1-2/h6-8,10-11H,5,9H2,1-4H3,(H,19,20,23);3H,1-2H3;2*1-2H3. The first-order valence-electron chi connectivity index (χ1n) is 11.0. The van der Waals surface area contributed by atoms with E-state index in [1.165, 1.54) is 0 Å². The lowest BCUT2D eigenvalue weighted by Crippen LogP contribution is -2.26. The largest absolute Gasteiger partial charge is 0.323 e. The number of H-pyrrole nitrogens is 1. The van der Waals surface area contributed by atoms with E-state index in [0.717, 1.165) is 29.6 Å². The summed E-state index contributed by atoms with van der Waals surface area (Å²) in [5.74, 6) is 0.673. The van der Waals surface area contributed by atoms with Crippen LogP contribution in [0, 0.1) is 0 Å². The van der Waals surface area contributed by atoms with Crippen LogP contribution in [0.4, 0.5) is 0 Å². The molecule has 3 rings (SSSR count). The van der Waals surface area contributed by atoms with E-state index in [-0.39, 0.29) is 11.0 Å². The Labute approximate surface area is 182 Å². The molecular formula is C24H41N5O. The van der Waals surface area contributed by atoms with E-state index < -0.39 is 0 Å². The van der Waals surface area contributed by atoms with Crippen molar-refractivity contribution in [2.45, 2.75) is 66.7 Å². The molecule has 0 aliphatic carbocycles. The number of hydrogen-bond donors (Lipinski definition) is 2. The van der Waals surface area contributed by atoms with Gasteiger partial charge in [-0.15, -0.1) is 0 Å². The fraction of sp³-hybridized carbons (Fsp3) is 0.542. The Balaban J connectivity index is 0.00000108. The summed E-state index contributed by atoms with van der Waals surface area (Å²) in [4.78, 5) is 20.3. The third-order valence-corrected chi connectivity index (χ3v) is 4.34. The molecular weight excluding hydrogens is 374 g/mol. The topological polar surface area (TPSA) is 75.6 Å². The number of aromatic amines is 1. The molecule has 6 nitrogen and oxygen atoms in total. The molecule has 0 spiro atoms. The molecule has 0 aliphatic rings. The quantitative estimate of drug-likeness (QED) is 0.640. The summed E-state index contributed by atoms with van der Waals surface area (Å²) in [5.41, 5.74) is 2.75. The van der Waals surface area contributed by atoms with Crippen molar-refractivity contribution in [3.05, 3.63) is 57.8 Å². The average Bonchev–Trinajstić information content (AvgIpc) is 3.08. The number of hydrogen-bond acceptors (Lipinski definition) is 4. The number of benzene rings is 1. The maximum absolute atomic E-state index is 12.6. The van der Waals surface area contributed by atoms with Gasteiger partial charge in [0.05, 0.1) is 5.69 Å². The van der Waals surface area contributed by atoms with Crippen LogP contribution in [0.15, 0.2) is 35.1 Å². The van der Waals surface area contributed by atoms with Crippen molar-refractivity contribution >= 4 is 11.0 Å². The van der Waals surface area contributed by atoms with Gasteiger partial charge in [0.1, 0.15) is 11.3 Å². The summed E-state index contributed by atoms with van der Waals surface area (Å²) in [6.07, 6.45) is 1.79. The number of aryl methyl sites for hydroxylation is 2. The number of nitrogens with one attached hydrogen (secondary N) is 2. The second-order valence-electron chi connectivity index (χ2n) is 6.92. The third kappa shape index (κ3) is 6.52. The van der Waals surface area contributed by atoms with Gasteiger partial charge in [0.2, 0.25) is 0 Å². The van der Waals surface area contributed by atoms with Crippen molar-refractivity contribution in [2.24, 2.45) is 7.05 Å². The summed E-state index contributed by atoms with van der Waals surface area (Å²) in [6, 6.07) is 10.1. The van der Waals surface area contributed by atoms with E-state index in [2.05, 4.69) is 48.3 Å².